The zero-order chi connectivity index (χ0) is 27.4. The van der Waals surface area contributed by atoms with E-state index in [9.17, 15) is 18.0 Å². The smallest absolute Gasteiger partial charge is 0.247 e. The first-order valence-electron chi connectivity index (χ1n) is 13.0. The van der Waals surface area contributed by atoms with E-state index in [0.717, 1.165) is 29.1 Å². The minimum atomic E-state index is -3.70. The van der Waals surface area contributed by atoms with Gasteiger partial charge in [-0.15, -0.1) is 4.41 Å². The van der Waals surface area contributed by atoms with E-state index in [0.29, 0.717) is 19.4 Å². The van der Waals surface area contributed by atoms with E-state index in [4.69, 9.17) is 9.57 Å². The lowest BCUT2D eigenvalue weighted by Gasteiger charge is -2.30. The number of benzene rings is 1. The third-order valence-electron chi connectivity index (χ3n) is 5.98. The van der Waals surface area contributed by atoms with Gasteiger partial charge in [-0.2, -0.15) is 0 Å². The summed E-state index contributed by atoms with van der Waals surface area (Å²) in [5.41, 5.74) is 6.07. The molecule has 0 bridgehead atoms. The van der Waals surface area contributed by atoms with Crippen molar-refractivity contribution in [2.24, 2.45) is 23.7 Å². The first-order chi connectivity index (χ1) is 17.5. The molecule has 208 valence electrons. The molecule has 3 atom stereocenters. The standard InChI is InChI=1S/C27H43N3O6S/c1-20(2)18-24(26(31)28-30(19-21(3)4)37(5,33)34)23(15-11-14-22-12-7-6-8-13-22)27(32)29-36-25-16-9-10-17-35-25/h6-8,11-14,20-21,23-25H,9-10,15-19H2,1-5H3,(H,28,31)(H,29,32)/t23-,24+,25?/m0/s1. The van der Waals surface area contributed by atoms with Crippen LogP contribution < -0.4 is 10.9 Å². The highest BCUT2D eigenvalue weighted by molar-refractivity contribution is 7.88. The summed E-state index contributed by atoms with van der Waals surface area (Å²) in [6.45, 7) is 8.36. The lowest BCUT2D eigenvalue weighted by Crippen LogP contribution is -2.52. The molecule has 37 heavy (non-hydrogen) atoms. The number of hydrazine groups is 1. The number of hydrogen-bond donors (Lipinski definition) is 2. The van der Waals surface area contributed by atoms with E-state index in [-0.39, 0.29) is 24.8 Å². The number of nitrogens with one attached hydrogen (secondary N) is 2. The van der Waals surface area contributed by atoms with Gasteiger partial charge < -0.3 is 4.74 Å². The number of rotatable bonds is 14. The van der Waals surface area contributed by atoms with E-state index >= 15 is 0 Å². The summed E-state index contributed by atoms with van der Waals surface area (Å²) in [6, 6.07) is 9.66. The first kappa shape index (κ1) is 31.0. The van der Waals surface area contributed by atoms with E-state index < -0.39 is 40.0 Å². The van der Waals surface area contributed by atoms with Crippen LogP contribution in [0, 0.1) is 23.7 Å². The van der Waals surface area contributed by atoms with Gasteiger partial charge in [0.05, 0.1) is 18.1 Å². The molecule has 1 aromatic rings. The maximum Gasteiger partial charge on any atom is 0.247 e. The number of hydroxylamine groups is 1. The summed E-state index contributed by atoms with van der Waals surface area (Å²) in [6.07, 6.45) is 7.51. The molecular formula is C27H43N3O6S. The molecule has 2 N–H and O–H groups in total. The summed E-state index contributed by atoms with van der Waals surface area (Å²) in [5.74, 6) is -2.44. The van der Waals surface area contributed by atoms with Crippen molar-refractivity contribution in [3.8, 4) is 0 Å². The average Bonchev–Trinajstić information content (AvgIpc) is 2.84. The monoisotopic (exact) mass is 537 g/mol. The number of ether oxygens (including phenoxy) is 1. The van der Waals surface area contributed by atoms with Crippen LogP contribution in [0.1, 0.15) is 65.4 Å². The number of carbonyl (C=O) groups is 2. The molecule has 1 aromatic carbocycles. The zero-order valence-corrected chi connectivity index (χ0v) is 23.5. The molecule has 0 aromatic heterocycles. The van der Waals surface area contributed by atoms with Crippen molar-refractivity contribution in [3.63, 3.8) is 0 Å². The van der Waals surface area contributed by atoms with Crippen molar-refractivity contribution in [3.05, 3.63) is 42.0 Å². The normalized spacial score (nSPS) is 18.3. The Morgan fingerprint density at radius 2 is 1.78 bits per heavy atom. The summed E-state index contributed by atoms with van der Waals surface area (Å²) in [4.78, 5) is 32.4. The zero-order valence-electron chi connectivity index (χ0n) is 22.7. The average molecular weight is 538 g/mol. The molecule has 0 spiro atoms. The third kappa shape index (κ3) is 11.3. The SMILES string of the molecule is CC(C)C[C@@H](C(=O)NN(CC(C)C)S(C)(=O)=O)[C@H](CC=Cc1ccccc1)C(=O)NOC1CCCCO1. The van der Waals surface area contributed by atoms with E-state index in [1.54, 1.807) is 0 Å². The van der Waals surface area contributed by atoms with Gasteiger partial charge in [-0.1, -0.05) is 70.2 Å². The maximum atomic E-state index is 13.5. The molecule has 0 radical (unpaired) electrons. The van der Waals surface area contributed by atoms with Gasteiger partial charge in [-0.25, -0.2) is 18.7 Å². The van der Waals surface area contributed by atoms with Crippen molar-refractivity contribution in [2.45, 2.75) is 66.1 Å². The van der Waals surface area contributed by atoms with Gasteiger partial charge in [-0.3, -0.25) is 15.0 Å². The highest BCUT2D eigenvalue weighted by atomic mass is 32.2. The van der Waals surface area contributed by atoms with Crippen molar-refractivity contribution >= 4 is 27.9 Å². The van der Waals surface area contributed by atoms with Crippen molar-refractivity contribution in [2.75, 3.05) is 19.4 Å². The molecule has 1 saturated heterocycles. The molecule has 1 aliphatic heterocycles. The molecular weight excluding hydrogens is 494 g/mol. The van der Waals surface area contributed by atoms with Crippen LogP contribution in [0.2, 0.25) is 0 Å². The Morgan fingerprint density at radius 3 is 2.35 bits per heavy atom. The predicted octanol–water partition coefficient (Wildman–Crippen LogP) is 3.89. The van der Waals surface area contributed by atoms with Crippen LogP contribution in [-0.4, -0.2) is 50.3 Å². The molecule has 1 fully saturated rings. The Kier molecular flexibility index (Phi) is 12.7. The van der Waals surface area contributed by atoms with E-state index in [1.165, 1.54) is 0 Å². The van der Waals surface area contributed by atoms with Gasteiger partial charge >= 0.3 is 0 Å². The second kappa shape index (κ2) is 15.2. The molecule has 0 aliphatic carbocycles. The Morgan fingerprint density at radius 1 is 1.08 bits per heavy atom. The van der Waals surface area contributed by atoms with Crippen LogP contribution in [0.4, 0.5) is 0 Å². The Bertz CT molecular complexity index is 975. The van der Waals surface area contributed by atoms with Crippen molar-refractivity contribution in [1.29, 1.82) is 0 Å². The molecule has 1 heterocycles. The van der Waals surface area contributed by atoms with Crippen LogP contribution in [-0.2, 0) is 29.2 Å². The van der Waals surface area contributed by atoms with Gasteiger partial charge in [-0.05, 0) is 43.1 Å². The van der Waals surface area contributed by atoms with Gasteiger partial charge in [0.2, 0.25) is 21.8 Å². The Hall–Kier alpha value is -2.27. The summed E-state index contributed by atoms with van der Waals surface area (Å²) >= 11 is 0. The highest BCUT2D eigenvalue weighted by Gasteiger charge is 2.36. The topological polar surface area (TPSA) is 114 Å². The lowest BCUT2D eigenvalue weighted by molar-refractivity contribution is -0.203. The van der Waals surface area contributed by atoms with Crippen LogP contribution in [0.15, 0.2) is 36.4 Å². The number of sulfonamides is 1. The minimum Gasteiger partial charge on any atom is -0.350 e. The van der Waals surface area contributed by atoms with Gasteiger partial charge in [0.1, 0.15) is 0 Å². The van der Waals surface area contributed by atoms with E-state index in [2.05, 4.69) is 10.9 Å². The maximum absolute atomic E-state index is 13.5. The van der Waals surface area contributed by atoms with E-state index in [1.807, 2.05) is 70.2 Å². The number of amides is 2. The molecule has 10 heteroatoms. The summed E-state index contributed by atoms with van der Waals surface area (Å²) < 4.78 is 31.2. The molecule has 9 nitrogen and oxygen atoms in total. The lowest BCUT2D eigenvalue weighted by atomic mass is 9.82. The fourth-order valence-electron chi connectivity index (χ4n) is 4.14. The molecule has 1 aliphatic rings. The fraction of sp³-hybridized carbons (Fsp3) is 0.630. The molecule has 1 unspecified atom stereocenters. The predicted molar refractivity (Wildman–Crippen MR) is 144 cm³/mol. The summed E-state index contributed by atoms with van der Waals surface area (Å²) in [5, 5.41) is 0. The van der Waals surface area contributed by atoms with Crippen LogP contribution in [0.25, 0.3) is 6.08 Å². The number of hydrogen-bond acceptors (Lipinski definition) is 6. The Balaban J connectivity index is 2.28. The van der Waals surface area contributed by atoms with Crippen molar-refractivity contribution in [1.82, 2.24) is 15.3 Å². The highest BCUT2D eigenvalue weighted by Crippen LogP contribution is 2.26. The van der Waals surface area contributed by atoms with Gasteiger partial charge in [0.25, 0.3) is 0 Å². The summed E-state index contributed by atoms with van der Waals surface area (Å²) in [7, 11) is -3.70. The number of allylic oxidation sites excluding steroid dienone is 1. The van der Waals surface area contributed by atoms with Crippen LogP contribution >= 0.6 is 0 Å². The second-order valence-electron chi connectivity index (χ2n) is 10.4. The van der Waals surface area contributed by atoms with Crippen LogP contribution in [0.3, 0.4) is 0 Å². The first-order valence-corrected chi connectivity index (χ1v) is 14.9. The number of nitrogens with zero attached hydrogens (tertiary/aromatic N) is 1. The molecule has 0 saturated carbocycles. The number of carbonyl (C=O) groups excluding carboxylic acids is 2. The van der Waals surface area contributed by atoms with Crippen LogP contribution in [0.5, 0.6) is 0 Å². The Labute approximate surface area is 221 Å². The third-order valence-corrected chi connectivity index (χ3v) is 7.02. The molecule has 2 amide bonds. The van der Waals surface area contributed by atoms with Gasteiger partial charge in [0.15, 0.2) is 6.29 Å². The molecule has 2 rings (SSSR count). The minimum absolute atomic E-state index is 0.00429. The largest absolute Gasteiger partial charge is 0.350 e. The van der Waals surface area contributed by atoms with Crippen molar-refractivity contribution < 1.29 is 27.6 Å². The quantitative estimate of drug-likeness (QED) is 0.348. The fourth-order valence-corrected chi connectivity index (χ4v) is 4.96. The second-order valence-corrected chi connectivity index (χ2v) is 12.3. The van der Waals surface area contributed by atoms with Gasteiger partial charge in [0, 0.05) is 19.6 Å².